The van der Waals surface area contributed by atoms with E-state index >= 15 is 0 Å². The van der Waals surface area contributed by atoms with Gasteiger partial charge in [0.2, 0.25) is 0 Å². The minimum atomic E-state index is -3.76. The highest BCUT2D eigenvalue weighted by molar-refractivity contribution is 8.13. The molecule has 1 aromatic carbocycles. The van der Waals surface area contributed by atoms with Crippen LogP contribution in [-0.2, 0) is 9.05 Å². The quantitative estimate of drug-likeness (QED) is 0.615. The lowest BCUT2D eigenvalue weighted by Crippen LogP contribution is -2.00. The Morgan fingerprint density at radius 1 is 1.47 bits per heavy atom. The van der Waals surface area contributed by atoms with E-state index in [0.717, 1.165) is 12.0 Å². The van der Waals surface area contributed by atoms with Gasteiger partial charge in [-0.2, -0.15) is 0 Å². The Kier molecular flexibility index (Phi) is 4.86. The Labute approximate surface area is 110 Å². The molecule has 0 N–H and O–H groups in total. The maximum atomic E-state index is 11.1. The molecule has 0 atom stereocenters. The Bertz CT molecular complexity index is 524. The molecule has 17 heavy (non-hydrogen) atoms. The summed E-state index contributed by atoms with van der Waals surface area (Å²) >= 11 is 5.88. The van der Waals surface area contributed by atoms with E-state index in [9.17, 15) is 8.42 Å². The zero-order chi connectivity index (χ0) is 13.1. The molecule has 1 rings (SSSR count). The van der Waals surface area contributed by atoms with Crippen molar-refractivity contribution in [1.29, 1.82) is 0 Å². The first-order valence-corrected chi connectivity index (χ1v) is 7.57. The molecule has 0 spiro atoms. The normalized spacial score (nSPS) is 11.2. The van der Waals surface area contributed by atoms with Crippen molar-refractivity contribution in [1.82, 2.24) is 0 Å². The fourth-order valence-electron chi connectivity index (χ4n) is 1.03. The summed E-state index contributed by atoms with van der Waals surface area (Å²) in [6.07, 6.45) is 0.811. The van der Waals surface area contributed by atoms with Gasteiger partial charge in [-0.1, -0.05) is 25.1 Å². The van der Waals surface area contributed by atoms with Gasteiger partial charge in [-0.25, -0.2) is 8.42 Å². The standard InChI is InChI=1S/C11H12Cl2O3S/c1-3-8(2)7-16-11-5-4-9(6-10(11)12)17(13,14)15/h4-6H,2-3,7H2,1H3. The first-order valence-electron chi connectivity index (χ1n) is 4.88. The van der Waals surface area contributed by atoms with Crippen molar-refractivity contribution in [3.63, 3.8) is 0 Å². The fraction of sp³-hybridized carbons (Fsp3) is 0.273. The largest absolute Gasteiger partial charge is 0.488 e. The second kappa shape index (κ2) is 5.76. The minimum absolute atomic E-state index is 0.0502. The Balaban J connectivity index is 2.88. The summed E-state index contributed by atoms with van der Waals surface area (Å²) in [7, 11) is 1.43. The summed E-state index contributed by atoms with van der Waals surface area (Å²) in [6.45, 7) is 6.11. The van der Waals surface area contributed by atoms with Crippen molar-refractivity contribution in [3.05, 3.63) is 35.4 Å². The highest BCUT2D eigenvalue weighted by atomic mass is 35.7. The maximum absolute atomic E-state index is 11.1. The second-order valence-corrected chi connectivity index (χ2v) is 6.40. The number of halogens is 2. The molecule has 1 aromatic rings. The van der Waals surface area contributed by atoms with Crippen molar-refractivity contribution in [3.8, 4) is 5.75 Å². The van der Waals surface area contributed by atoms with Crippen LogP contribution in [0.2, 0.25) is 5.02 Å². The van der Waals surface area contributed by atoms with E-state index in [2.05, 4.69) is 6.58 Å². The molecule has 0 saturated carbocycles. The van der Waals surface area contributed by atoms with Crippen LogP contribution in [0.15, 0.2) is 35.2 Å². The number of hydrogen-bond donors (Lipinski definition) is 0. The highest BCUT2D eigenvalue weighted by Gasteiger charge is 2.12. The highest BCUT2D eigenvalue weighted by Crippen LogP contribution is 2.29. The third-order valence-electron chi connectivity index (χ3n) is 2.12. The summed E-state index contributed by atoms with van der Waals surface area (Å²) in [4.78, 5) is -0.0502. The van der Waals surface area contributed by atoms with Gasteiger partial charge in [0.15, 0.2) is 0 Å². The molecule has 0 aliphatic rings. The van der Waals surface area contributed by atoms with Gasteiger partial charge in [-0.05, 0) is 30.2 Å². The van der Waals surface area contributed by atoms with Crippen LogP contribution in [0.5, 0.6) is 5.75 Å². The molecule has 0 aliphatic heterocycles. The monoisotopic (exact) mass is 294 g/mol. The van der Waals surface area contributed by atoms with E-state index in [4.69, 9.17) is 27.0 Å². The topological polar surface area (TPSA) is 43.4 Å². The summed E-state index contributed by atoms with van der Waals surface area (Å²) < 4.78 is 27.5. The van der Waals surface area contributed by atoms with Gasteiger partial charge in [0.1, 0.15) is 12.4 Å². The van der Waals surface area contributed by atoms with Crippen LogP contribution in [0.3, 0.4) is 0 Å². The molecule has 0 aliphatic carbocycles. The molecule has 94 valence electrons. The van der Waals surface area contributed by atoms with Crippen molar-refractivity contribution in [2.75, 3.05) is 6.61 Å². The number of hydrogen-bond acceptors (Lipinski definition) is 3. The van der Waals surface area contributed by atoms with Gasteiger partial charge < -0.3 is 4.74 Å². The number of rotatable bonds is 5. The van der Waals surface area contributed by atoms with Crippen LogP contribution < -0.4 is 4.74 Å². The number of ether oxygens (including phenoxy) is 1. The molecule has 0 amide bonds. The minimum Gasteiger partial charge on any atom is -0.488 e. The first-order chi connectivity index (χ1) is 7.84. The third kappa shape index (κ3) is 4.22. The zero-order valence-electron chi connectivity index (χ0n) is 9.24. The smallest absolute Gasteiger partial charge is 0.261 e. The lowest BCUT2D eigenvalue weighted by molar-refractivity contribution is 0.349. The van der Waals surface area contributed by atoms with Gasteiger partial charge in [0.25, 0.3) is 9.05 Å². The molecule has 6 heteroatoms. The van der Waals surface area contributed by atoms with Gasteiger partial charge in [0, 0.05) is 10.7 Å². The first kappa shape index (κ1) is 14.4. The summed E-state index contributed by atoms with van der Waals surface area (Å²) in [5.41, 5.74) is 0.926. The van der Waals surface area contributed by atoms with Gasteiger partial charge in [-0.3, -0.25) is 0 Å². The van der Waals surface area contributed by atoms with Crippen LogP contribution in [0.25, 0.3) is 0 Å². The van der Waals surface area contributed by atoms with Crippen LogP contribution in [-0.4, -0.2) is 15.0 Å². The van der Waals surface area contributed by atoms with Crippen molar-refractivity contribution >= 4 is 31.3 Å². The van der Waals surface area contributed by atoms with Crippen molar-refractivity contribution in [2.24, 2.45) is 0 Å². The molecular formula is C11H12Cl2O3S. The molecule has 0 heterocycles. The van der Waals surface area contributed by atoms with E-state index in [1.54, 1.807) is 0 Å². The Hall–Kier alpha value is -0.710. The van der Waals surface area contributed by atoms with Gasteiger partial charge >= 0.3 is 0 Å². The second-order valence-electron chi connectivity index (χ2n) is 3.42. The molecule has 0 fully saturated rings. The summed E-state index contributed by atoms with van der Waals surface area (Å²) in [5, 5.41) is 0.204. The van der Waals surface area contributed by atoms with Crippen LogP contribution in [0.1, 0.15) is 13.3 Å². The third-order valence-corrected chi connectivity index (χ3v) is 3.76. The molecule has 0 aromatic heterocycles. The maximum Gasteiger partial charge on any atom is 0.261 e. The van der Waals surface area contributed by atoms with E-state index in [1.165, 1.54) is 18.2 Å². The number of benzene rings is 1. The van der Waals surface area contributed by atoms with Crippen LogP contribution in [0.4, 0.5) is 0 Å². The zero-order valence-corrected chi connectivity index (χ0v) is 11.6. The lowest BCUT2D eigenvalue weighted by Gasteiger charge is -2.09. The van der Waals surface area contributed by atoms with Crippen LogP contribution in [0, 0.1) is 0 Å². The Morgan fingerprint density at radius 2 is 2.12 bits per heavy atom. The van der Waals surface area contributed by atoms with Crippen molar-refractivity contribution < 1.29 is 13.2 Å². The average molecular weight is 295 g/mol. The average Bonchev–Trinajstić information content (AvgIpc) is 2.25. The predicted octanol–water partition coefficient (Wildman–Crippen LogP) is 3.61. The summed E-state index contributed by atoms with van der Waals surface area (Å²) in [6, 6.07) is 4.08. The molecule has 0 bridgehead atoms. The van der Waals surface area contributed by atoms with Gasteiger partial charge in [0.05, 0.1) is 9.92 Å². The molecule has 0 saturated heterocycles. The summed E-state index contributed by atoms with van der Waals surface area (Å²) in [5.74, 6) is 0.408. The van der Waals surface area contributed by atoms with Gasteiger partial charge in [-0.15, -0.1) is 0 Å². The van der Waals surface area contributed by atoms with Crippen molar-refractivity contribution in [2.45, 2.75) is 18.2 Å². The van der Waals surface area contributed by atoms with E-state index in [-0.39, 0.29) is 9.92 Å². The molecule has 0 radical (unpaired) electrons. The lowest BCUT2D eigenvalue weighted by atomic mass is 10.2. The van der Waals surface area contributed by atoms with E-state index in [0.29, 0.717) is 12.4 Å². The Morgan fingerprint density at radius 3 is 2.59 bits per heavy atom. The van der Waals surface area contributed by atoms with E-state index < -0.39 is 9.05 Å². The van der Waals surface area contributed by atoms with Crippen LogP contribution >= 0.6 is 22.3 Å². The molecule has 0 unspecified atom stereocenters. The SMILES string of the molecule is C=C(CC)COc1ccc(S(=O)(=O)Cl)cc1Cl. The molecule has 3 nitrogen and oxygen atoms in total. The fourth-order valence-corrected chi connectivity index (χ4v) is 2.11. The molecular weight excluding hydrogens is 283 g/mol. The van der Waals surface area contributed by atoms with E-state index in [1.807, 2.05) is 6.92 Å². The predicted molar refractivity (Wildman–Crippen MR) is 69.4 cm³/mol.